The van der Waals surface area contributed by atoms with Gasteiger partial charge in [0.2, 0.25) is 0 Å². The number of benzene rings is 3. The lowest BCUT2D eigenvalue weighted by Gasteiger charge is -2.13. The van der Waals surface area contributed by atoms with Crippen LogP contribution in [0, 0.1) is 6.92 Å². The highest BCUT2D eigenvalue weighted by Crippen LogP contribution is 2.25. The fourth-order valence-corrected chi connectivity index (χ4v) is 2.57. The third-order valence-corrected chi connectivity index (χ3v) is 3.91. The molecule has 3 rings (SSSR count). The number of carbonyl (C=O) groups is 3. The number of carboxylic acids is 1. The second-order valence-electron chi connectivity index (χ2n) is 5.82. The Balaban J connectivity index is 0.000000878. The molecule has 0 amide bonds. The Morgan fingerprint density at radius 2 is 1.29 bits per heavy atom. The summed E-state index contributed by atoms with van der Waals surface area (Å²) in [4.78, 5) is 32.6. The van der Waals surface area contributed by atoms with Crippen LogP contribution in [0.2, 0.25) is 0 Å². The quantitative estimate of drug-likeness (QED) is 0.451. The fourth-order valence-electron chi connectivity index (χ4n) is 2.57. The van der Waals surface area contributed by atoms with Crippen LogP contribution in [0.25, 0.3) is 0 Å². The number of para-hydroxylation sites is 2. The summed E-state index contributed by atoms with van der Waals surface area (Å²) < 4.78 is 0. The molecule has 28 heavy (non-hydrogen) atoms. The van der Waals surface area contributed by atoms with Gasteiger partial charge in [0.1, 0.15) is 0 Å². The van der Waals surface area contributed by atoms with Crippen molar-refractivity contribution in [3.05, 3.63) is 95.1 Å². The van der Waals surface area contributed by atoms with E-state index < -0.39 is 5.97 Å². The van der Waals surface area contributed by atoms with Crippen LogP contribution in [0.3, 0.4) is 0 Å². The first-order valence-corrected chi connectivity index (χ1v) is 8.35. The minimum atomic E-state index is -1.02. The third kappa shape index (κ3) is 5.04. The number of aryl methyl sites for hydroxylation is 1. The molecule has 0 aromatic heterocycles. The van der Waals surface area contributed by atoms with Crippen LogP contribution in [-0.2, 0) is 4.79 Å². The number of rotatable bonds is 5. The first-order chi connectivity index (χ1) is 13.5. The number of carboxylic acid groups (broad SMARTS) is 2. The number of hydrogen-bond acceptors (Lipinski definition) is 4. The molecule has 6 nitrogen and oxygen atoms in total. The minimum absolute atomic E-state index is 0.115. The maximum Gasteiger partial charge on any atom is 0.337 e. The van der Waals surface area contributed by atoms with Gasteiger partial charge in [0.15, 0.2) is 5.78 Å². The largest absolute Gasteiger partial charge is 0.483 e. The molecule has 0 spiro atoms. The van der Waals surface area contributed by atoms with Crippen LogP contribution >= 0.6 is 0 Å². The molecule has 0 heterocycles. The Labute approximate surface area is 162 Å². The van der Waals surface area contributed by atoms with E-state index in [1.807, 2.05) is 19.1 Å². The number of hydrogen-bond donors (Lipinski definition) is 3. The molecule has 0 bridgehead atoms. The van der Waals surface area contributed by atoms with E-state index in [9.17, 15) is 14.7 Å². The molecule has 3 N–H and O–H groups in total. The van der Waals surface area contributed by atoms with Gasteiger partial charge in [0, 0.05) is 16.8 Å². The van der Waals surface area contributed by atoms with E-state index in [-0.39, 0.29) is 17.8 Å². The third-order valence-electron chi connectivity index (χ3n) is 3.91. The lowest BCUT2D eigenvalue weighted by molar-refractivity contribution is -0.122. The maximum absolute atomic E-state index is 12.8. The summed E-state index contributed by atoms with van der Waals surface area (Å²) in [6.45, 7) is 1.71. The normalized spacial score (nSPS) is 9.61. The van der Waals surface area contributed by atoms with E-state index in [0.29, 0.717) is 22.5 Å². The van der Waals surface area contributed by atoms with Gasteiger partial charge in [0.25, 0.3) is 6.47 Å². The molecule has 0 aliphatic rings. The van der Waals surface area contributed by atoms with Gasteiger partial charge in [-0.05, 0) is 31.2 Å². The van der Waals surface area contributed by atoms with Crippen molar-refractivity contribution in [1.29, 1.82) is 0 Å². The second-order valence-corrected chi connectivity index (χ2v) is 5.82. The summed E-state index contributed by atoms with van der Waals surface area (Å²) in [6, 6.07) is 21.1. The molecule has 6 heteroatoms. The number of carbonyl (C=O) groups excluding carboxylic acids is 1. The number of aromatic carboxylic acids is 1. The zero-order valence-corrected chi connectivity index (χ0v) is 15.1. The summed E-state index contributed by atoms with van der Waals surface area (Å²) in [5, 5.41) is 19.3. The van der Waals surface area contributed by atoms with Crippen LogP contribution in [-0.4, -0.2) is 28.4 Å². The number of ketones is 1. The van der Waals surface area contributed by atoms with E-state index >= 15 is 0 Å². The van der Waals surface area contributed by atoms with Gasteiger partial charge >= 0.3 is 5.97 Å². The topological polar surface area (TPSA) is 104 Å². The summed E-state index contributed by atoms with van der Waals surface area (Å²) in [6.07, 6.45) is 0. The van der Waals surface area contributed by atoms with Crippen molar-refractivity contribution >= 4 is 29.6 Å². The van der Waals surface area contributed by atoms with Gasteiger partial charge in [-0.15, -0.1) is 0 Å². The van der Waals surface area contributed by atoms with Gasteiger partial charge < -0.3 is 15.5 Å². The van der Waals surface area contributed by atoms with Crippen molar-refractivity contribution < 1.29 is 24.6 Å². The molecule has 0 atom stereocenters. The Bertz CT molecular complexity index is 980. The van der Waals surface area contributed by atoms with Crippen molar-refractivity contribution in [3.63, 3.8) is 0 Å². The van der Waals surface area contributed by atoms with Crippen molar-refractivity contribution in [2.24, 2.45) is 0 Å². The molecular formula is C22H19NO5. The van der Waals surface area contributed by atoms with E-state index in [4.69, 9.17) is 9.90 Å². The standard InChI is InChI=1S/C21H17NO3.CH2O2/c1-14-10-12-15(13-11-14)20(23)16-6-2-4-8-18(16)22-19-9-5-3-7-17(19)21(24)25;2-1-3/h2-13,22H,1H3,(H,24,25);1H,(H,2,3). The average Bonchev–Trinajstić information content (AvgIpc) is 2.69. The highest BCUT2D eigenvalue weighted by Gasteiger charge is 2.15. The summed E-state index contributed by atoms with van der Waals surface area (Å²) in [7, 11) is 0. The molecule has 0 fully saturated rings. The molecule has 0 radical (unpaired) electrons. The molecule has 0 aliphatic carbocycles. The van der Waals surface area contributed by atoms with Crippen molar-refractivity contribution in [1.82, 2.24) is 0 Å². The molecule has 3 aromatic carbocycles. The lowest BCUT2D eigenvalue weighted by Crippen LogP contribution is -2.07. The molecule has 0 unspecified atom stereocenters. The van der Waals surface area contributed by atoms with Crippen molar-refractivity contribution in [3.8, 4) is 0 Å². The van der Waals surface area contributed by atoms with Crippen molar-refractivity contribution in [2.75, 3.05) is 5.32 Å². The van der Waals surface area contributed by atoms with E-state index in [0.717, 1.165) is 5.56 Å². The fraction of sp³-hybridized carbons (Fsp3) is 0.0455. The van der Waals surface area contributed by atoms with Crippen LogP contribution < -0.4 is 5.32 Å². The summed E-state index contributed by atoms with van der Waals surface area (Å²) >= 11 is 0. The minimum Gasteiger partial charge on any atom is -0.483 e. The van der Waals surface area contributed by atoms with Gasteiger partial charge in [-0.25, -0.2) is 4.79 Å². The van der Waals surface area contributed by atoms with Crippen LogP contribution in [0.15, 0.2) is 72.8 Å². The summed E-state index contributed by atoms with van der Waals surface area (Å²) in [5.41, 5.74) is 3.33. The molecule has 0 saturated heterocycles. The van der Waals surface area contributed by atoms with E-state index in [2.05, 4.69) is 5.32 Å². The highest BCUT2D eigenvalue weighted by molar-refractivity contribution is 6.12. The second kappa shape index (κ2) is 9.68. The van der Waals surface area contributed by atoms with Gasteiger partial charge in [-0.2, -0.15) is 0 Å². The lowest BCUT2D eigenvalue weighted by atomic mass is 10.0. The van der Waals surface area contributed by atoms with Crippen LogP contribution in [0.5, 0.6) is 0 Å². The predicted molar refractivity (Wildman–Crippen MR) is 106 cm³/mol. The van der Waals surface area contributed by atoms with E-state index in [1.54, 1.807) is 54.6 Å². The molecular weight excluding hydrogens is 358 g/mol. The highest BCUT2D eigenvalue weighted by atomic mass is 16.4. The first-order valence-electron chi connectivity index (χ1n) is 8.35. The Hall–Kier alpha value is -3.93. The van der Waals surface area contributed by atoms with Crippen LogP contribution in [0.1, 0.15) is 31.8 Å². The predicted octanol–water partition coefficient (Wildman–Crippen LogP) is 4.37. The van der Waals surface area contributed by atoms with Gasteiger partial charge in [0.05, 0.1) is 11.3 Å². The molecule has 0 saturated carbocycles. The smallest absolute Gasteiger partial charge is 0.337 e. The number of anilines is 2. The number of nitrogens with one attached hydrogen (secondary N) is 1. The molecule has 142 valence electrons. The zero-order valence-electron chi connectivity index (χ0n) is 15.1. The maximum atomic E-state index is 12.8. The summed E-state index contributed by atoms with van der Waals surface area (Å²) in [5.74, 6) is -1.14. The van der Waals surface area contributed by atoms with Crippen molar-refractivity contribution in [2.45, 2.75) is 6.92 Å². The van der Waals surface area contributed by atoms with Crippen LogP contribution in [0.4, 0.5) is 11.4 Å². The Morgan fingerprint density at radius 3 is 1.82 bits per heavy atom. The molecule has 3 aromatic rings. The Morgan fingerprint density at radius 1 is 0.821 bits per heavy atom. The monoisotopic (exact) mass is 377 g/mol. The van der Waals surface area contributed by atoms with Gasteiger partial charge in [-0.3, -0.25) is 9.59 Å². The average molecular weight is 377 g/mol. The first kappa shape index (κ1) is 20.4. The zero-order chi connectivity index (χ0) is 20.5. The molecule has 0 aliphatic heterocycles. The van der Waals surface area contributed by atoms with E-state index in [1.165, 1.54) is 6.07 Å². The Kier molecular flexibility index (Phi) is 7.05. The van der Waals surface area contributed by atoms with Gasteiger partial charge in [-0.1, -0.05) is 54.1 Å². The SMILES string of the molecule is Cc1ccc(C(=O)c2ccccc2Nc2ccccc2C(=O)O)cc1.O=CO.